The fourth-order valence-corrected chi connectivity index (χ4v) is 2.68. The third-order valence-corrected chi connectivity index (χ3v) is 4.15. The van der Waals surface area contributed by atoms with Crippen LogP contribution in [-0.2, 0) is 11.3 Å². The third-order valence-electron chi connectivity index (χ3n) is 4.15. The lowest BCUT2D eigenvalue weighted by atomic mass is 9.99. The summed E-state index contributed by atoms with van der Waals surface area (Å²) in [6.07, 6.45) is 2.61. The van der Waals surface area contributed by atoms with Crippen molar-refractivity contribution in [2.24, 2.45) is 5.92 Å². The number of rotatable bonds is 6. The van der Waals surface area contributed by atoms with E-state index in [0.29, 0.717) is 17.9 Å². The molecule has 2 heterocycles. The van der Waals surface area contributed by atoms with E-state index in [2.05, 4.69) is 17.1 Å². The lowest BCUT2D eigenvalue weighted by Crippen LogP contribution is -2.37. The van der Waals surface area contributed by atoms with Crippen molar-refractivity contribution in [1.82, 2.24) is 10.2 Å². The van der Waals surface area contributed by atoms with Crippen molar-refractivity contribution >= 4 is 5.97 Å². The molecular formula is C16H26N2O3. The molecule has 5 heteroatoms. The molecule has 0 aromatic carbocycles. The van der Waals surface area contributed by atoms with E-state index in [0.717, 1.165) is 24.8 Å². The van der Waals surface area contributed by atoms with Crippen LogP contribution in [-0.4, -0.2) is 44.2 Å². The minimum absolute atomic E-state index is 0.343. The summed E-state index contributed by atoms with van der Waals surface area (Å²) in [4.78, 5) is 14.0. The SMILES string of the molecule is COC(=O)c1cc(CNCCN2CCC(C)CC2)oc1C. The Morgan fingerprint density at radius 3 is 2.86 bits per heavy atom. The molecule has 1 fully saturated rings. The summed E-state index contributed by atoms with van der Waals surface area (Å²) in [5.41, 5.74) is 0.513. The van der Waals surface area contributed by atoms with E-state index in [9.17, 15) is 4.79 Å². The van der Waals surface area contributed by atoms with Gasteiger partial charge in [0, 0.05) is 13.1 Å². The molecule has 0 amide bonds. The van der Waals surface area contributed by atoms with Crippen molar-refractivity contribution in [2.45, 2.75) is 33.2 Å². The standard InChI is InChI=1S/C16H26N2O3/c1-12-4-7-18(8-5-12)9-6-17-11-14-10-15(13(2)21-14)16(19)20-3/h10,12,17H,4-9,11H2,1-3H3. The zero-order valence-corrected chi connectivity index (χ0v) is 13.3. The summed E-state index contributed by atoms with van der Waals surface area (Å²) < 4.78 is 10.3. The van der Waals surface area contributed by atoms with Crippen molar-refractivity contribution in [3.05, 3.63) is 23.2 Å². The number of carbonyl (C=O) groups is 1. The normalized spacial score (nSPS) is 17.1. The smallest absolute Gasteiger partial charge is 0.341 e. The molecule has 0 radical (unpaired) electrons. The zero-order valence-electron chi connectivity index (χ0n) is 13.3. The quantitative estimate of drug-likeness (QED) is 0.644. The van der Waals surface area contributed by atoms with E-state index in [1.54, 1.807) is 13.0 Å². The minimum atomic E-state index is -0.343. The number of ether oxygens (including phenoxy) is 1. The number of hydrogen-bond donors (Lipinski definition) is 1. The molecule has 5 nitrogen and oxygen atoms in total. The maximum absolute atomic E-state index is 11.5. The second kappa shape index (κ2) is 7.61. The molecule has 0 bridgehead atoms. The molecule has 1 N–H and O–H groups in total. The van der Waals surface area contributed by atoms with Crippen molar-refractivity contribution in [1.29, 1.82) is 0 Å². The summed E-state index contributed by atoms with van der Waals surface area (Å²) in [6, 6.07) is 1.76. The van der Waals surface area contributed by atoms with Crippen LogP contribution in [0.4, 0.5) is 0 Å². The van der Waals surface area contributed by atoms with Gasteiger partial charge >= 0.3 is 5.97 Å². The molecule has 0 spiro atoms. The Hall–Kier alpha value is -1.33. The molecule has 1 aliphatic rings. The van der Waals surface area contributed by atoms with E-state index >= 15 is 0 Å². The summed E-state index contributed by atoms with van der Waals surface area (Å²) in [5.74, 6) is 1.92. The molecule has 1 aromatic heterocycles. The fourth-order valence-electron chi connectivity index (χ4n) is 2.68. The lowest BCUT2D eigenvalue weighted by Gasteiger charge is -2.30. The monoisotopic (exact) mass is 294 g/mol. The van der Waals surface area contributed by atoms with Crippen molar-refractivity contribution < 1.29 is 13.9 Å². The van der Waals surface area contributed by atoms with Crippen LogP contribution in [0.5, 0.6) is 0 Å². The molecule has 0 saturated carbocycles. The Balaban J connectivity index is 1.70. The van der Waals surface area contributed by atoms with Crippen LogP contribution in [0.1, 0.15) is 41.6 Å². The highest BCUT2D eigenvalue weighted by Crippen LogP contribution is 2.16. The van der Waals surface area contributed by atoms with E-state index < -0.39 is 0 Å². The second-order valence-electron chi connectivity index (χ2n) is 5.88. The van der Waals surface area contributed by atoms with E-state index in [-0.39, 0.29) is 5.97 Å². The number of hydrogen-bond acceptors (Lipinski definition) is 5. The van der Waals surface area contributed by atoms with Gasteiger partial charge in [0.05, 0.1) is 13.7 Å². The average molecular weight is 294 g/mol. The maximum Gasteiger partial charge on any atom is 0.341 e. The predicted molar refractivity (Wildman–Crippen MR) is 81.3 cm³/mol. The Labute approximate surface area is 126 Å². The van der Waals surface area contributed by atoms with Crippen LogP contribution in [0, 0.1) is 12.8 Å². The predicted octanol–water partition coefficient (Wildman–Crippen LogP) is 2.20. The van der Waals surface area contributed by atoms with Gasteiger partial charge in [-0.1, -0.05) is 6.92 Å². The van der Waals surface area contributed by atoms with Gasteiger partial charge in [-0.25, -0.2) is 4.79 Å². The number of methoxy groups -OCH3 is 1. The first-order chi connectivity index (χ1) is 10.1. The number of nitrogens with zero attached hydrogens (tertiary/aromatic N) is 1. The van der Waals surface area contributed by atoms with Crippen LogP contribution < -0.4 is 5.32 Å². The Morgan fingerprint density at radius 2 is 2.19 bits per heavy atom. The Morgan fingerprint density at radius 1 is 1.48 bits per heavy atom. The first kappa shape index (κ1) is 16.0. The van der Waals surface area contributed by atoms with Gasteiger partial charge < -0.3 is 19.4 Å². The van der Waals surface area contributed by atoms with Gasteiger partial charge in [0.15, 0.2) is 0 Å². The Bertz CT molecular complexity index is 462. The molecule has 2 rings (SSSR count). The number of furan rings is 1. The number of aryl methyl sites for hydroxylation is 1. The van der Waals surface area contributed by atoms with Gasteiger partial charge in [-0.2, -0.15) is 0 Å². The van der Waals surface area contributed by atoms with Gasteiger partial charge in [0.1, 0.15) is 17.1 Å². The van der Waals surface area contributed by atoms with Crippen LogP contribution in [0.15, 0.2) is 10.5 Å². The highest BCUT2D eigenvalue weighted by atomic mass is 16.5. The first-order valence-corrected chi connectivity index (χ1v) is 7.71. The van der Waals surface area contributed by atoms with Crippen LogP contribution in [0.3, 0.4) is 0 Å². The van der Waals surface area contributed by atoms with Gasteiger partial charge in [-0.05, 0) is 44.8 Å². The average Bonchev–Trinajstić information content (AvgIpc) is 2.85. The third kappa shape index (κ3) is 4.58. The number of esters is 1. The largest absolute Gasteiger partial charge is 0.465 e. The van der Waals surface area contributed by atoms with Gasteiger partial charge in [-0.15, -0.1) is 0 Å². The number of nitrogens with one attached hydrogen (secondary N) is 1. The molecule has 1 saturated heterocycles. The minimum Gasteiger partial charge on any atom is -0.465 e. The van der Waals surface area contributed by atoms with Crippen LogP contribution in [0.25, 0.3) is 0 Å². The number of carbonyl (C=O) groups excluding carboxylic acids is 1. The fraction of sp³-hybridized carbons (Fsp3) is 0.688. The van der Waals surface area contributed by atoms with Crippen molar-refractivity contribution in [3.8, 4) is 0 Å². The number of likely N-dealkylation sites (tertiary alicyclic amines) is 1. The van der Waals surface area contributed by atoms with Crippen molar-refractivity contribution in [3.63, 3.8) is 0 Å². The molecule has 1 aliphatic heterocycles. The molecule has 0 atom stereocenters. The van der Waals surface area contributed by atoms with Gasteiger partial charge in [-0.3, -0.25) is 0 Å². The van der Waals surface area contributed by atoms with E-state index in [1.807, 2.05) is 0 Å². The molecule has 0 unspecified atom stereocenters. The van der Waals surface area contributed by atoms with Gasteiger partial charge in [0.2, 0.25) is 0 Å². The van der Waals surface area contributed by atoms with E-state index in [4.69, 9.17) is 9.15 Å². The van der Waals surface area contributed by atoms with Crippen LogP contribution in [0.2, 0.25) is 0 Å². The lowest BCUT2D eigenvalue weighted by molar-refractivity contribution is 0.0599. The van der Waals surface area contributed by atoms with Crippen LogP contribution >= 0.6 is 0 Å². The van der Waals surface area contributed by atoms with Gasteiger partial charge in [0.25, 0.3) is 0 Å². The summed E-state index contributed by atoms with van der Waals surface area (Å²) in [7, 11) is 1.38. The highest BCUT2D eigenvalue weighted by Gasteiger charge is 2.16. The molecule has 21 heavy (non-hydrogen) atoms. The summed E-state index contributed by atoms with van der Waals surface area (Å²) in [6.45, 7) is 9.16. The number of piperidine rings is 1. The highest BCUT2D eigenvalue weighted by molar-refractivity contribution is 5.90. The van der Waals surface area contributed by atoms with Crippen molar-refractivity contribution in [2.75, 3.05) is 33.3 Å². The molecule has 118 valence electrons. The zero-order chi connectivity index (χ0) is 15.2. The summed E-state index contributed by atoms with van der Waals surface area (Å²) >= 11 is 0. The Kier molecular flexibility index (Phi) is 5.82. The molecular weight excluding hydrogens is 268 g/mol. The maximum atomic E-state index is 11.5. The first-order valence-electron chi connectivity index (χ1n) is 7.71. The molecule has 1 aromatic rings. The topological polar surface area (TPSA) is 54.7 Å². The second-order valence-corrected chi connectivity index (χ2v) is 5.88. The van der Waals surface area contributed by atoms with E-state index in [1.165, 1.54) is 33.0 Å². The summed E-state index contributed by atoms with van der Waals surface area (Å²) in [5, 5.41) is 3.37. The molecule has 0 aliphatic carbocycles.